The second kappa shape index (κ2) is 3.42. The van der Waals surface area contributed by atoms with Crippen LogP contribution in [-0.4, -0.2) is 11.9 Å². The Bertz CT molecular complexity index is 174. The van der Waals surface area contributed by atoms with E-state index in [9.17, 15) is 0 Å². The van der Waals surface area contributed by atoms with Crippen LogP contribution in [0.1, 0.15) is 0 Å². The molecular formula is C7H9Cl2N. The molecule has 0 heterocycles. The maximum atomic E-state index is 5.89. The molecule has 0 fully saturated rings. The van der Waals surface area contributed by atoms with Crippen molar-refractivity contribution in [1.82, 2.24) is 0 Å². The summed E-state index contributed by atoms with van der Waals surface area (Å²) in [6, 6.07) is 0. The zero-order valence-electron chi connectivity index (χ0n) is 5.43. The largest absolute Gasteiger partial charge is 0.330 e. The highest BCUT2D eigenvalue weighted by molar-refractivity contribution is 6.31. The van der Waals surface area contributed by atoms with Crippen LogP contribution in [0.4, 0.5) is 0 Å². The van der Waals surface area contributed by atoms with Gasteiger partial charge in [0, 0.05) is 17.5 Å². The van der Waals surface area contributed by atoms with Gasteiger partial charge in [0.15, 0.2) is 0 Å². The van der Waals surface area contributed by atoms with E-state index in [0.29, 0.717) is 6.54 Å². The van der Waals surface area contributed by atoms with Crippen molar-refractivity contribution in [2.45, 2.75) is 5.38 Å². The predicted octanol–water partition coefficient (Wildman–Crippen LogP) is 1.86. The molecule has 2 unspecified atom stereocenters. The Balaban J connectivity index is 2.71. The number of halogens is 2. The van der Waals surface area contributed by atoms with Crippen molar-refractivity contribution in [2.24, 2.45) is 11.7 Å². The molecule has 2 atom stereocenters. The van der Waals surface area contributed by atoms with Gasteiger partial charge in [-0.05, 0) is 6.08 Å². The van der Waals surface area contributed by atoms with E-state index in [1.807, 2.05) is 18.2 Å². The van der Waals surface area contributed by atoms with Gasteiger partial charge in [0.1, 0.15) is 0 Å². The molecule has 0 aromatic carbocycles. The number of nitrogens with two attached hydrogens (primary N) is 1. The van der Waals surface area contributed by atoms with Gasteiger partial charge in [-0.2, -0.15) is 0 Å². The SMILES string of the molecule is NCC1C(Cl)=CC=CC1Cl. The number of allylic oxidation sites excluding steroid dienone is 3. The Morgan fingerprint density at radius 3 is 2.70 bits per heavy atom. The molecular weight excluding hydrogens is 169 g/mol. The van der Waals surface area contributed by atoms with E-state index >= 15 is 0 Å². The maximum absolute atomic E-state index is 5.89. The van der Waals surface area contributed by atoms with Crippen LogP contribution in [-0.2, 0) is 0 Å². The number of alkyl halides is 1. The Labute approximate surface area is 70.5 Å². The Kier molecular flexibility index (Phi) is 2.78. The lowest BCUT2D eigenvalue weighted by Gasteiger charge is -2.19. The second-order valence-corrected chi connectivity index (χ2v) is 3.16. The van der Waals surface area contributed by atoms with Gasteiger partial charge in [0.2, 0.25) is 0 Å². The molecule has 3 heteroatoms. The van der Waals surface area contributed by atoms with Crippen LogP contribution in [0.25, 0.3) is 0 Å². The maximum Gasteiger partial charge on any atom is 0.0608 e. The third kappa shape index (κ3) is 1.54. The predicted molar refractivity (Wildman–Crippen MR) is 45.3 cm³/mol. The van der Waals surface area contributed by atoms with Crippen LogP contribution in [0.5, 0.6) is 0 Å². The lowest BCUT2D eigenvalue weighted by molar-refractivity contribution is 0.663. The monoisotopic (exact) mass is 177 g/mol. The van der Waals surface area contributed by atoms with E-state index in [2.05, 4.69) is 0 Å². The molecule has 1 aliphatic rings. The van der Waals surface area contributed by atoms with Gasteiger partial charge < -0.3 is 5.73 Å². The van der Waals surface area contributed by atoms with E-state index in [1.165, 1.54) is 0 Å². The van der Waals surface area contributed by atoms with Crippen molar-refractivity contribution < 1.29 is 0 Å². The first-order valence-corrected chi connectivity index (χ1v) is 3.95. The smallest absolute Gasteiger partial charge is 0.0608 e. The summed E-state index contributed by atoms with van der Waals surface area (Å²) < 4.78 is 0. The first-order valence-electron chi connectivity index (χ1n) is 3.13. The zero-order valence-corrected chi connectivity index (χ0v) is 6.94. The van der Waals surface area contributed by atoms with E-state index in [1.54, 1.807) is 0 Å². The minimum atomic E-state index is -0.0394. The van der Waals surface area contributed by atoms with Crippen LogP contribution < -0.4 is 5.73 Å². The van der Waals surface area contributed by atoms with Gasteiger partial charge in [0.25, 0.3) is 0 Å². The van der Waals surface area contributed by atoms with E-state index in [4.69, 9.17) is 28.9 Å². The molecule has 1 aliphatic carbocycles. The Morgan fingerprint density at radius 1 is 1.60 bits per heavy atom. The van der Waals surface area contributed by atoms with E-state index in [-0.39, 0.29) is 11.3 Å². The third-order valence-electron chi connectivity index (χ3n) is 1.54. The molecule has 0 aliphatic heterocycles. The fourth-order valence-corrected chi connectivity index (χ4v) is 1.59. The molecule has 56 valence electrons. The molecule has 0 spiro atoms. The lowest BCUT2D eigenvalue weighted by Crippen LogP contribution is -2.24. The van der Waals surface area contributed by atoms with Crippen molar-refractivity contribution in [2.75, 3.05) is 6.54 Å². The van der Waals surface area contributed by atoms with Gasteiger partial charge in [-0.3, -0.25) is 0 Å². The number of hydrogen-bond donors (Lipinski definition) is 1. The fraction of sp³-hybridized carbons (Fsp3) is 0.429. The van der Waals surface area contributed by atoms with Gasteiger partial charge in [-0.15, -0.1) is 11.6 Å². The summed E-state index contributed by atoms with van der Waals surface area (Å²) in [5.41, 5.74) is 5.44. The summed E-state index contributed by atoms with van der Waals surface area (Å²) >= 11 is 11.7. The molecule has 0 saturated carbocycles. The first kappa shape index (κ1) is 8.12. The molecule has 0 bridgehead atoms. The number of hydrogen-bond acceptors (Lipinski definition) is 1. The van der Waals surface area contributed by atoms with Gasteiger partial charge in [-0.1, -0.05) is 23.8 Å². The van der Waals surface area contributed by atoms with Crippen molar-refractivity contribution in [3.63, 3.8) is 0 Å². The molecule has 0 amide bonds. The standard InChI is InChI=1S/C7H9Cl2N/c8-6-2-1-3-7(9)5(6)4-10/h1-3,5-6H,4,10H2. The van der Waals surface area contributed by atoms with Gasteiger partial charge >= 0.3 is 0 Å². The molecule has 10 heavy (non-hydrogen) atoms. The van der Waals surface area contributed by atoms with Crippen molar-refractivity contribution in [3.05, 3.63) is 23.3 Å². The summed E-state index contributed by atoms with van der Waals surface area (Å²) in [6.07, 6.45) is 5.58. The molecule has 0 aromatic rings. The highest BCUT2D eigenvalue weighted by Crippen LogP contribution is 2.26. The van der Waals surface area contributed by atoms with Crippen LogP contribution >= 0.6 is 23.2 Å². The molecule has 2 N–H and O–H groups in total. The lowest BCUT2D eigenvalue weighted by atomic mass is 10.0. The molecule has 0 aromatic heterocycles. The molecule has 0 radical (unpaired) electrons. The summed E-state index contributed by atoms with van der Waals surface area (Å²) in [7, 11) is 0. The van der Waals surface area contributed by atoms with Crippen molar-refractivity contribution in [1.29, 1.82) is 0 Å². The fourth-order valence-electron chi connectivity index (χ4n) is 0.906. The van der Waals surface area contributed by atoms with Crippen LogP contribution in [0.15, 0.2) is 23.3 Å². The van der Waals surface area contributed by atoms with Crippen LogP contribution in [0, 0.1) is 5.92 Å². The van der Waals surface area contributed by atoms with Crippen molar-refractivity contribution >= 4 is 23.2 Å². The highest BCUT2D eigenvalue weighted by atomic mass is 35.5. The average molecular weight is 178 g/mol. The summed E-state index contributed by atoms with van der Waals surface area (Å²) in [5, 5.41) is 0.715. The zero-order chi connectivity index (χ0) is 7.56. The van der Waals surface area contributed by atoms with E-state index in [0.717, 1.165) is 5.03 Å². The first-order chi connectivity index (χ1) is 4.75. The minimum absolute atomic E-state index is 0.0394. The van der Waals surface area contributed by atoms with Crippen molar-refractivity contribution in [3.8, 4) is 0 Å². The quantitative estimate of drug-likeness (QED) is 0.609. The van der Waals surface area contributed by atoms with E-state index < -0.39 is 0 Å². The normalized spacial score (nSPS) is 32.1. The minimum Gasteiger partial charge on any atom is -0.330 e. The summed E-state index contributed by atoms with van der Waals surface area (Å²) in [4.78, 5) is 0. The Hall–Kier alpha value is 0.0200. The topological polar surface area (TPSA) is 26.0 Å². The Morgan fingerprint density at radius 2 is 2.30 bits per heavy atom. The summed E-state index contributed by atoms with van der Waals surface area (Å²) in [6.45, 7) is 0.508. The average Bonchev–Trinajstić information content (AvgIpc) is 1.88. The highest BCUT2D eigenvalue weighted by Gasteiger charge is 2.20. The summed E-state index contributed by atoms with van der Waals surface area (Å²) in [5.74, 6) is 0.105. The molecule has 1 nitrogen and oxygen atoms in total. The number of rotatable bonds is 1. The third-order valence-corrected chi connectivity index (χ3v) is 2.40. The molecule has 1 rings (SSSR count). The second-order valence-electron chi connectivity index (χ2n) is 2.22. The molecule has 0 saturated heterocycles. The van der Waals surface area contributed by atoms with Gasteiger partial charge in [0.05, 0.1) is 5.38 Å². The van der Waals surface area contributed by atoms with Crippen LogP contribution in [0.3, 0.4) is 0 Å². The van der Waals surface area contributed by atoms with Gasteiger partial charge in [-0.25, -0.2) is 0 Å². The van der Waals surface area contributed by atoms with Crippen LogP contribution in [0.2, 0.25) is 0 Å².